The average Bonchev–Trinajstić information content (AvgIpc) is 2.41. The molecule has 1 aromatic carbocycles. The molecular formula is C17H16ClN. The van der Waals surface area contributed by atoms with Crippen molar-refractivity contribution in [2.75, 3.05) is 0 Å². The highest BCUT2D eigenvalue weighted by molar-refractivity contribution is 6.31. The number of nitrogens with zero attached hydrogens (tertiary/aromatic N) is 1. The predicted molar refractivity (Wildman–Crippen MR) is 81.2 cm³/mol. The summed E-state index contributed by atoms with van der Waals surface area (Å²) in [6.45, 7) is 2.00. The summed E-state index contributed by atoms with van der Waals surface area (Å²) in [4.78, 5) is 4.70. The molecule has 96 valence electrons. The maximum absolute atomic E-state index is 6.35. The molecule has 1 heterocycles. The first-order valence-electron chi connectivity index (χ1n) is 6.66. The molecule has 1 aromatic heterocycles. The Morgan fingerprint density at radius 1 is 1.16 bits per heavy atom. The van der Waals surface area contributed by atoms with Crippen LogP contribution in [0.2, 0.25) is 5.02 Å². The van der Waals surface area contributed by atoms with Crippen molar-refractivity contribution in [1.82, 2.24) is 4.98 Å². The van der Waals surface area contributed by atoms with E-state index in [9.17, 15) is 0 Å². The standard InChI is InChI=1S/C17H16ClN/c1-12-10-16(18)15-9-5-8-14(17(15)19-12)11-13-6-3-2-4-7-13/h2-4,6-7,10-11H,5,8-9H2,1H3. The van der Waals surface area contributed by atoms with E-state index in [2.05, 4.69) is 30.3 Å². The summed E-state index contributed by atoms with van der Waals surface area (Å²) in [7, 11) is 0. The molecule has 2 heteroatoms. The lowest BCUT2D eigenvalue weighted by molar-refractivity contribution is 0.808. The van der Waals surface area contributed by atoms with Gasteiger partial charge in [0, 0.05) is 10.7 Å². The van der Waals surface area contributed by atoms with Crippen LogP contribution in [-0.4, -0.2) is 4.98 Å². The van der Waals surface area contributed by atoms with Crippen molar-refractivity contribution in [1.29, 1.82) is 0 Å². The number of rotatable bonds is 1. The zero-order valence-electron chi connectivity index (χ0n) is 11.0. The number of pyridine rings is 1. The molecule has 0 unspecified atom stereocenters. The fourth-order valence-corrected chi connectivity index (χ4v) is 2.97. The Labute approximate surface area is 119 Å². The van der Waals surface area contributed by atoms with Crippen LogP contribution < -0.4 is 0 Å². The summed E-state index contributed by atoms with van der Waals surface area (Å²) in [6, 6.07) is 12.4. The molecule has 1 nitrogen and oxygen atoms in total. The highest BCUT2D eigenvalue weighted by atomic mass is 35.5. The van der Waals surface area contributed by atoms with Crippen LogP contribution >= 0.6 is 11.6 Å². The minimum Gasteiger partial charge on any atom is -0.253 e. The Hall–Kier alpha value is -1.60. The SMILES string of the molecule is Cc1cc(Cl)c2c(n1)C(=Cc1ccccc1)CCC2. The van der Waals surface area contributed by atoms with Gasteiger partial charge in [0.2, 0.25) is 0 Å². The summed E-state index contributed by atoms with van der Waals surface area (Å²) in [5, 5.41) is 0.862. The van der Waals surface area contributed by atoms with Gasteiger partial charge in [-0.15, -0.1) is 0 Å². The Morgan fingerprint density at radius 2 is 1.95 bits per heavy atom. The van der Waals surface area contributed by atoms with Gasteiger partial charge in [0.25, 0.3) is 0 Å². The van der Waals surface area contributed by atoms with Crippen LogP contribution in [0.1, 0.15) is 35.4 Å². The Balaban J connectivity index is 2.10. The van der Waals surface area contributed by atoms with Crippen LogP contribution in [0.15, 0.2) is 36.4 Å². The molecule has 0 radical (unpaired) electrons. The van der Waals surface area contributed by atoms with Crippen LogP contribution in [-0.2, 0) is 6.42 Å². The van der Waals surface area contributed by atoms with Crippen molar-refractivity contribution in [3.05, 3.63) is 63.9 Å². The second-order valence-electron chi connectivity index (χ2n) is 5.01. The highest BCUT2D eigenvalue weighted by Gasteiger charge is 2.18. The highest BCUT2D eigenvalue weighted by Crippen LogP contribution is 2.35. The van der Waals surface area contributed by atoms with E-state index in [-0.39, 0.29) is 0 Å². The molecule has 3 rings (SSSR count). The first-order valence-corrected chi connectivity index (χ1v) is 7.04. The number of allylic oxidation sites excluding steroid dienone is 1. The van der Waals surface area contributed by atoms with Crippen LogP contribution in [0.25, 0.3) is 11.6 Å². The maximum atomic E-state index is 6.35. The number of aromatic nitrogens is 1. The van der Waals surface area contributed by atoms with Crippen molar-refractivity contribution in [2.45, 2.75) is 26.2 Å². The Bertz CT molecular complexity index is 629. The molecule has 1 aliphatic rings. The number of fused-ring (bicyclic) bond motifs is 1. The third kappa shape index (κ3) is 2.57. The zero-order chi connectivity index (χ0) is 13.2. The molecule has 0 amide bonds. The zero-order valence-corrected chi connectivity index (χ0v) is 11.7. The van der Waals surface area contributed by atoms with Crippen molar-refractivity contribution in [2.24, 2.45) is 0 Å². The monoisotopic (exact) mass is 269 g/mol. The Morgan fingerprint density at radius 3 is 2.74 bits per heavy atom. The molecule has 0 fully saturated rings. The molecule has 2 aromatic rings. The van der Waals surface area contributed by atoms with Gasteiger partial charge in [-0.3, -0.25) is 4.98 Å². The van der Waals surface area contributed by atoms with Gasteiger partial charge in [-0.1, -0.05) is 41.9 Å². The van der Waals surface area contributed by atoms with Crippen molar-refractivity contribution < 1.29 is 0 Å². The van der Waals surface area contributed by atoms with E-state index in [0.29, 0.717) is 0 Å². The van der Waals surface area contributed by atoms with E-state index in [0.717, 1.165) is 35.7 Å². The lowest BCUT2D eigenvalue weighted by atomic mass is 9.90. The van der Waals surface area contributed by atoms with E-state index in [1.807, 2.05) is 19.1 Å². The van der Waals surface area contributed by atoms with E-state index in [1.54, 1.807) is 0 Å². The summed E-state index contributed by atoms with van der Waals surface area (Å²) in [6.07, 6.45) is 5.50. The first kappa shape index (κ1) is 12.4. The average molecular weight is 270 g/mol. The second-order valence-corrected chi connectivity index (χ2v) is 5.41. The second kappa shape index (κ2) is 5.18. The summed E-state index contributed by atoms with van der Waals surface area (Å²) < 4.78 is 0. The molecular weight excluding hydrogens is 254 g/mol. The van der Waals surface area contributed by atoms with Gasteiger partial charge >= 0.3 is 0 Å². The Kier molecular flexibility index (Phi) is 3.39. The molecule has 0 saturated heterocycles. The molecule has 0 atom stereocenters. The quantitative estimate of drug-likeness (QED) is 0.716. The smallest absolute Gasteiger partial charge is 0.0711 e. The topological polar surface area (TPSA) is 12.9 Å². The first-order chi connectivity index (χ1) is 9.24. The number of benzene rings is 1. The molecule has 0 bridgehead atoms. The lowest BCUT2D eigenvalue weighted by Gasteiger charge is -2.20. The predicted octanol–water partition coefficient (Wildman–Crippen LogP) is 4.92. The van der Waals surface area contributed by atoms with E-state index in [1.165, 1.54) is 16.7 Å². The largest absolute Gasteiger partial charge is 0.253 e. The normalized spacial score (nSPS) is 16.4. The summed E-state index contributed by atoms with van der Waals surface area (Å²) in [5.74, 6) is 0. The molecule has 19 heavy (non-hydrogen) atoms. The van der Waals surface area contributed by atoms with Crippen LogP contribution in [0, 0.1) is 6.92 Å². The molecule has 0 spiro atoms. The van der Waals surface area contributed by atoms with Crippen LogP contribution in [0.3, 0.4) is 0 Å². The summed E-state index contributed by atoms with van der Waals surface area (Å²) >= 11 is 6.35. The maximum Gasteiger partial charge on any atom is 0.0711 e. The minimum atomic E-state index is 0.862. The van der Waals surface area contributed by atoms with Gasteiger partial charge in [0.15, 0.2) is 0 Å². The minimum absolute atomic E-state index is 0.862. The molecule has 1 aliphatic carbocycles. The van der Waals surface area contributed by atoms with Crippen molar-refractivity contribution in [3.8, 4) is 0 Å². The molecule has 0 aliphatic heterocycles. The van der Waals surface area contributed by atoms with E-state index < -0.39 is 0 Å². The van der Waals surface area contributed by atoms with E-state index in [4.69, 9.17) is 16.6 Å². The third-order valence-electron chi connectivity index (χ3n) is 3.52. The van der Waals surface area contributed by atoms with Crippen LogP contribution in [0.5, 0.6) is 0 Å². The van der Waals surface area contributed by atoms with Gasteiger partial charge < -0.3 is 0 Å². The number of aryl methyl sites for hydroxylation is 1. The number of halogens is 1. The van der Waals surface area contributed by atoms with E-state index >= 15 is 0 Å². The lowest BCUT2D eigenvalue weighted by Crippen LogP contribution is -2.06. The molecule has 0 saturated carbocycles. The fourth-order valence-electron chi connectivity index (χ4n) is 2.63. The molecule has 0 N–H and O–H groups in total. The number of hydrogen-bond acceptors (Lipinski definition) is 1. The van der Waals surface area contributed by atoms with Crippen LogP contribution in [0.4, 0.5) is 0 Å². The fraction of sp³-hybridized carbons (Fsp3) is 0.235. The third-order valence-corrected chi connectivity index (χ3v) is 3.85. The van der Waals surface area contributed by atoms with Gasteiger partial charge in [0.05, 0.1) is 5.69 Å². The van der Waals surface area contributed by atoms with Crippen molar-refractivity contribution in [3.63, 3.8) is 0 Å². The summed E-state index contributed by atoms with van der Waals surface area (Å²) in [5.41, 5.74) is 5.83. The van der Waals surface area contributed by atoms with Gasteiger partial charge in [0.1, 0.15) is 0 Å². The number of hydrogen-bond donors (Lipinski definition) is 0. The van der Waals surface area contributed by atoms with Gasteiger partial charge in [-0.25, -0.2) is 0 Å². The van der Waals surface area contributed by atoms with Gasteiger partial charge in [-0.05, 0) is 55.0 Å². The van der Waals surface area contributed by atoms with Gasteiger partial charge in [-0.2, -0.15) is 0 Å². The van der Waals surface area contributed by atoms with Crippen molar-refractivity contribution >= 4 is 23.3 Å².